The van der Waals surface area contributed by atoms with Crippen LogP contribution in [0.5, 0.6) is 0 Å². The van der Waals surface area contributed by atoms with Crippen LogP contribution < -0.4 is 29.6 Å². The molecule has 0 atom stereocenters. The molecule has 0 aromatic heterocycles. The summed E-state index contributed by atoms with van der Waals surface area (Å²) < 4.78 is 31.6. The zero-order valence-electron chi connectivity index (χ0n) is 7.48. The summed E-state index contributed by atoms with van der Waals surface area (Å²) >= 11 is 3.92. The molecule has 0 radical (unpaired) electrons. The Kier molecular flexibility index (Phi) is 28.4. The summed E-state index contributed by atoms with van der Waals surface area (Å²) in [5.74, 6) is 1.01. The first kappa shape index (κ1) is 22.8. The first-order valence-electron chi connectivity index (χ1n) is 2.22. The van der Waals surface area contributed by atoms with Gasteiger partial charge in [0.05, 0.1) is 0 Å². The second-order valence-electron chi connectivity index (χ2n) is 1.17. The van der Waals surface area contributed by atoms with Crippen LogP contribution in [0.3, 0.4) is 0 Å². The van der Waals surface area contributed by atoms with Crippen molar-refractivity contribution in [3.63, 3.8) is 0 Å². The third-order valence-corrected chi connectivity index (χ3v) is 0.671. The molecular weight excluding hydrogens is 203 g/mol. The van der Waals surface area contributed by atoms with Crippen molar-refractivity contribution in [3.8, 4) is 0 Å². The summed E-state index contributed by atoms with van der Waals surface area (Å²) in [5.41, 5.74) is 0. The van der Waals surface area contributed by atoms with Crippen molar-refractivity contribution in [1.82, 2.24) is 0 Å². The first-order chi connectivity index (χ1) is 3.91. The summed E-state index contributed by atoms with van der Waals surface area (Å²) in [6, 6.07) is 0. The van der Waals surface area contributed by atoms with E-state index in [4.69, 9.17) is 17.5 Å². The first-order valence-corrected chi connectivity index (χ1v) is 4.25. The molecule has 0 spiro atoms. The molecule has 0 aromatic rings. The average Bonchev–Trinajstić information content (AvgIpc) is 1.61. The minimum absolute atomic E-state index is 0. The summed E-state index contributed by atoms with van der Waals surface area (Å²) in [5, 5.41) is 0. The second kappa shape index (κ2) is 13.7. The molecule has 0 fully saturated rings. The van der Waals surface area contributed by atoms with Crippen LogP contribution in [0.25, 0.3) is 0 Å². The monoisotopic (exact) mass is 216 g/mol. The van der Waals surface area contributed by atoms with Crippen LogP contribution >= 0.6 is 12.6 Å². The van der Waals surface area contributed by atoms with Gasteiger partial charge in [-0.25, -0.2) is 0 Å². The van der Waals surface area contributed by atoms with E-state index < -0.39 is 10.4 Å². The Morgan fingerprint density at radius 1 is 1.45 bits per heavy atom. The second-order valence-corrected chi connectivity index (χ2v) is 2.51. The zero-order valence-corrected chi connectivity index (χ0v) is 10.2. The van der Waals surface area contributed by atoms with E-state index >= 15 is 0 Å². The van der Waals surface area contributed by atoms with Crippen molar-refractivity contribution in [1.29, 1.82) is 0 Å². The number of rotatable bonds is 1. The van der Waals surface area contributed by atoms with E-state index in [1.54, 1.807) is 0 Å². The molecule has 0 aliphatic heterocycles. The van der Waals surface area contributed by atoms with E-state index in [1.807, 2.05) is 0 Å². The predicted molar refractivity (Wildman–Crippen MR) is 43.0 cm³/mol. The molecule has 4 N–H and O–H groups in total. The summed E-state index contributed by atoms with van der Waals surface area (Å²) in [6.07, 6.45) is 1.18. The largest absolute Gasteiger partial charge is 1.00 e. The van der Waals surface area contributed by atoms with Crippen molar-refractivity contribution in [3.05, 3.63) is 0 Å². The minimum Gasteiger partial charge on any atom is -1.00 e. The van der Waals surface area contributed by atoms with E-state index in [-0.39, 0.29) is 36.5 Å². The van der Waals surface area contributed by atoms with Gasteiger partial charge in [0.15, 0.2) is 0 Å². The van der Waals surface area contributed by atoms with E-state index in [0.29, 0.717) is 0 Å². The normalized spacial score (nSPS) is 8.00. The molecule has 0 aromatic carbocycles. The summed E-state index contributed by atoms with van der Waals surface area (Å²) in [4.78, 5) is 0. The fourth-order valence-electron chi connectivity index (χ4n) is 0. The van der Waals surface area contributed by atoms with Crippen molar-refractivity contribution >= 4 is 23.0 Å². The Balaban J connectivity index is -0.0000000221. The fourth-order valence-corrected chi connectivity index (χ4v) is 0. The fraction of sp³-hybridized carbons (Fsp3) is 1.00. The molecular formula is C3H13NaO5S2. The topological polar surface area (TPSA) is 106 Å². The Hall–Kier alpha value is 1.18. The van der Waals surface area contributed by atoms with Gasteiger partial charge in [-0.15, -0.1) is 0 Å². The maximum atomic E-state index is 8.74. The minimum atomic E-state index is -4.67. The van der Waals surface area contributed by atoms with E-state index in [9.17, 15) is 0 Å². The molecule has 5 nitrogen and oxygen atoms in total. The maximum Gasteiger partial charge on any atom is 1.00 e. The maximum absolute atomic E-state index is 8.74. The third-order valence-electron chi connectivity index (χ3n) is 0.224. The molecule has 11 heavy (non-hydrogen) atoms. The molecule has 0 aliphatic rings. The third kappa shape index (κ3) is 198. The van der Waals surface area contributed by atoms with Crippen LogP contribution in [-0.4, -0.2) is 28.8 Å². The van der Waals surface area contributed by atoms with Gasteiger partial charge in [-0.1, -0.05) is 6.92 Å². The molecule has 0 saturated carbocycles. The molecule has 0 amide bonds. The predicted octanol–water partition coefficient (Wildman–Crippen LogP) is -3.03. The van der Waals surface area contributed by atoms with Crippen LogP contribution in [0.15, 0.2) is 0 Å². The standard InChI is InChI=1S/C3H8S.Na.H2O4S.H2O.H/c1-2-3-4;;1-5(2,3)4;;/h4H,2-3H2,1H3;;(H2,1,2,3,4);1H2;/q;+1;;;-1. The quantitative estimate of drug-likeness (QED) is 0.246. The molecule has 0 aliphatic carbocycles. The van der Waals surface area contributed by atoms with Crippen molar-refractivity contribution < 1.29 is 54.0 Å². The molecule has 68 valence electrons. The van der Waals surface area contributed by atoms with Gasteiger partial charge < -0.3 is 6.90 Å². The Morgan fingerprint density at radius 3 is 1.55 bits per heavy atom. The van der Waals surface area contributed by atoms with Crippen LogP contribution in [0.4, 0.5) is 0 Å². The molecule has 8 heteroatoms. The van der Waals surface area contributed by atoms with Gasteiger partial charge in [0.1, 0.15) is 0 Å². The summed E-state index contributed by atoms with van der Waals surface area (Å²) in [6.45, 7) is 2.10. The average molecular weight is 216 g/mol. The van der Waals surface area contributed by atoms with E-state index in [0.717, 1.165) is 5.75 Å². The van der Waals surface area contributed by atoms with Crippen molar-refractivity contribution in [2.45, 2.75) is 13.3 Å². The van der Waals surface area contributed by atoms with Crippen LogP contribution in [0.1, 0.15) is 14.8 Å². The number of thiol groups is 1. The molecule has 0 unspecified atom stereocenters. The Labute approximate surface area is 95.6 Å². The Morgan fingerprint density at radius 2 is 1.55 bits per heavy atom. The zero-order chi connectivity index (χ0) is 7.91. The molecule has 0 rings (SSSR count). The van der Waals surface area contributed by atoms with Gasteiger partial charge in [-0.3, -0.25) is 9.11 Å². The molecule has 0 saturated heterocycles. The van der Waals surface area contributed by atoms with Crippen molar-refractivity contribution in [2.24, 2.45) is 0 Å². The smallest absolute Gasteiger partial charge is 1.00 e. The number of hydrogen-bond acceptors (Lipinski definition) is 3. The molecule has 0 bridgehead atoms. The van der Waals surface area contributed by atoms with Crippen molar-refractivity contribution in [2.75, 3.05) is 5.75 Å². The number of hydrogen-bond donors (Lipinski definition) is 3. The van der Waals surface area contributed by atoms with Gasteiger partial charge in [0.25, 0.3) is 0 Å². The van der Waals surface area contributed by atoms with E-state index in [2.05, 4.69) is 19.6 Å². The van der Waals surface area contributed by atoms with Gasteiger partial charge in [-0.2, -0.15) is 21.0 Å². The van der Waals surface area contributed by atoms with Gasteiger partial charge in [0.2, 0.25) is 0 Å². The van der Waals surface area contributed by atoms with Gasteiger partial charge >= 0.3 is 40.0 Å². The van der Waals surface area contributed by atoms with E-state index in [1.165, 1.54) is 6.42 Å². The van der Waals surface area contributed by atoms with Crippen LogP contribution in [0, 0.1) is 0 Å². The Bertz CT molecular complexity index is 128. The summed E-state index contributed by atoms with van der Waals surface area (Å²) in [7, 11) is -4.67. The van der Waals surface area contributed by atoms with Gasteiger partial charge in [-0.05, 0) is 12.2 Å². The van der Waals surface area contributed by atoms with Gasteiger partial charge in [0, 0.05) is 0 Å². The molecule has 0 heterocycles. The SMILES string of the molecule is CCCS.O.O=S(=O)(O)O.[H-].[Na+]. The van der Waals surface area contributed by atoms with Crippen LogP contribution in [0.2, 0.25) is 0 Å². The van der Waals surface area contributed by atoms with Crippen LogP contribution in [-0.2, 0) is 10.4 Å².